The minimum absolute atomic E-state index is 0.448. The SMILES string of the molecule is CCN(CCCNS(=O)(=O)N(C)C)c1ccccc1. The quantitative estimate of drug-likeness (QED) is 0.733. The standard InChI is InChI=1S/C13H23N3O2S/c1-4-16(13-9-6-5-7-10-13)12-8-11-14-19(17,18)15(2)3/h5-7,9-10,14H,4,8,11-12H2,1-3H3. The molecule has 0 aromatic heterocycles. The molecule has 5 nitrogen and oxygen atoms in total. The zero-order valence-corrected chi connectivity index (χ0v) is 12.7. The van der Waals surface area contributed by atoms with Crippen LogP contribution >= 0.6 is 0 Å². The third-order valence-electron chi connectivity index (χ3n) is 2.87. The molecule has 0 amide bonds. The Kier molecular flexibility index (Phi) is 6.27. The van der Waals surface area contributed by atoms with Crippen LogP contribution in [-0.4, -0.2) is 46.5 Å². The maximum Gasteiger partial charge on any atom is 0.278 e. The summed E-state index contributed by atoms with van der Waals surface area (Å²) in [6.07, 6.45) is 0.774. The highest BCUT2D eigenvalue weighted by Gasteiger charge is 2.11. The van der Waals surface area contributed by atoms with Crippen LogP contribution in [0.2, 0.25) is 0 Å². The second kappa shape index (κ2) is 7.47. The zero-order valence-electron chi connectivity index (χ0n) is 11.8. The molecule has 0 saturated carbocycles. The first-order valence-corrected chi connectivity index (χ1v) is 7.88. The van der Waals surface area contributed by atoms with Crippen LogP contribution in [0.15, 0.2) is 30.3 Å². The maximum absolute atomic E-state index is 11.5. The average molecular weight is 285 g/mol. The minimum Gasteiger partial charge on any atom is -0.372 e. The average Bonchev–Trinajstić information content (AvgIpc) is 2.39. The van der Waals surface area contributed by atoms with Crippen molar-refractivity contribution in [3.05, 3.63) is 30.3 Å². The van der Waals surface area contributed by atoms with Gasteiger partial charge in [-0.25, -0.2) is 4.72 Å². The fraction of sp³-hybridized carbons (Fsp3) is 0.538. The van der Waals surface area contributed by atoms with Gasteiger partial charge < -0.3 is 4.90 Å². The van der Waals surface area contributed by atoms with Gasteiger partial charge in [0.15, 0.2) is 0 Å². The monoisotopic (exact) mass is 285 g/mol. The van der Waals surface area contributed by atoms with Crippen molar-refractivity contribution in [1.29, 1.82) is 0 Å². The smallest absolute Gasteiger partial charge is 0.278 e. The molecule has 0 atom stereocenters. The van der Waals surface area contributed by atoms with E-state index >= 15 is 0 Å². The number of anilines is 1. The van der Waals surface area contributed by atoms with E-state index in [1.165, 1.54) is 24.1 Å². The van der Waals surface area contributed by atoms with Gasteiger partial charge in [-0.3, -0.25) is 0 Å². The Bertz CT molecular complexity index is 460. The second-order valence-electron chi connectivity index (χ2n) is 4.45. The molecule has 0 unspecified atom stereocenters. The summed E-state index contributed by atoms with van der Waals surface area (Å²) < 4.78 is 26.8. The van der Waals surface area contributed by atoms with Gasteiger partial charge in [-0.15, -0.1) is 0 Å². The maximum atomic E-state index is 11.5. The number of hydrogen-bond donors (Lipinski definition) is 1. The van der Waals surface area contributed by atoms with E-state index in [-0.39, 0.29) is 0 Å². The molecule has 0 spiro atoms. The van der Waals surface area contributed by atoms with E-state index in [2.05, 4.69) is 28.7 Å². The van der Waals surface area contributed by atoms with E-state index in [9.17, 15) is 8.42 Å². The van der Waals surface area contributed by atoms with Crippen LogP contribution in [0.5, 0.6) is 0 Å². The van der Waals surface area contributed by atoms with Crippen molar-refractivity contribution in [2.45, 2.75) is 13.3 Å². The highest BCUT2D eigenvalue weighted by Crippen LogP contribution is 2.12. The van der Waals surface area contributed by atoms with Crippen LogP contribution in [0, 0.1) is 0 Å². The first-order valence-electron chi connectivity index (χ1n) is 6.44. The van der Waals surface area contributed by atoms with Crippen LogP contribution in [0.4, 0.5) is 5.69 Å². The van der Waals surface area contributed by atoms with Gasteiger partial charge in [0.2, 0.25) is 0 Å². The molecule has 0 saturated heterocycles. The Morgan fingerprint density at radius 1 is 1.16 bits per heavy atom. The predicted octanol–water partition coefficient (Wildman–Crippen LogP) is 1.30. The van der Waals surface area contributed by atoms with Gasteiger partial charge >= 0.3 is 0 Å². The van der Waals surface area contributed by atoms with Crippen molar-refractivity contribution >= 4 is 15.9 Å². The Labute approximate surface area is 116 Å². The molecule has 0 fully saturated rings. The first kappa shape index (κ1) is 15.9. The van der Waals surface area contributed by atoms with Crippen LogP contribution in [0.1, 0.15) is 13.3 Å². The highest BCUT2D eigenvalue weighted by molar-refractivity contribution is 7.87. The molecule has 1 aromatic carbocycles. The first-order chi connectivity index (χ1) is 8.97. The number of rotatable bonds is 8. The van der Waals surface area contributed by atoms with E-state index in [1.807, 2.05) is 18.2 Å². The Morgan fingerprint density at radius 2 is 1.79 bits per heavy atom. The third kappa shape index (κ3) is 5.18. The lowest BCUT2D eigenvalue weighted by Crippen LogP contribution is -2.37. The number of benzene rings is 1. The van der Waals surface area contributed by atoms with Gasteiger partial charge in [-0.1, -0.05) is 18.2 Å². The number of nitrogens with zero attached hydrogens (tertiary/aromatic N) is 2. The van der Waals surface area contributed by atoms with E-state index in [0.717, 1.165) is 19.5 Å². The van der Waals surface area contributed by atoms with Gasteiger partial charge in [-0.2, -0.15) is 12.7 Å². The Morgan fingerprint density at radius 3 is 2.32 bits per heavy atom. The van der Waals surface area contributed by atoms with E-state index in [4.69, 9.17) is 0 Å². The molecule has 108 valence electrons. The second-order valence-corrected chi connectivity index (χ2v) is 6.42. The molecule has 1 aromatic rings. The molecule has 0 aliphatic rings. The molecular formula is C13H23N3O2S. The fourth-order valence-corrected chi connectivity index (χ4v) is 2.37. The van der Waals surface area contributed by atoms with Crippen molar-refractivity contribution in [2.24, 2.45) is 0 Å². The summed E-state index contributed by atoms with van der Waals surface area (Å²) in [6, 6.07) is 10.1. The van der Waals surface area contributed by atoms with Crippen molar-refractivity contribution in [3.63, 3.8) is 0 Å². The lowest BCUT2D eigenvalue weighted by molar-refractivity contribution is 0.504. The summed E-state index contributed by atoms with van der Waals surface area (Å²) >= 11 is 0. The van der Waals surface area contributed by atoms with Gasteiger partial charge in [-0.05, 0) is 25.5 Å². The summed E-state index contributed by atoms with van der Waals surface area (Å²) in [6.45, 7) is 4.28. The molecule has 0 heterocycles. The largest absolute Gasteiger partial charge is 0.372 e. The lowest BCUT2D eigenvalue weighted by Gasteiger charge is -2.23. The van der Waals surface area contributed by atoms with Crippen molar-refractivity contribution in [1.82, 2.24) is 9.03 Å². The predicted molar refractivity (Wildman–Crippen MR) is 79.6 cm³/mol. The summed E-state index contributed by atoms with van der Waals surface area (Å²) in [5, 5.41) is 0. The number of nitrogens with one attached hydrogen (secondary N) is 1. The Hall–Kier alpha value is -1.11. The molecule has 0 aliphatic heterocycles. The molecule has 1 rings (SSSR count). The van der Waals surface area contributed by atoms with Crippen LogP contribution in [-0.2, 0) is 10.2 Å². The van der Waals surface area contributed by atoms with Crippen molar-refractivity contribution < 1.29 is 8.42 Å². The topological polar surface area (TPSA) is 52.7 Å². The Balaban J connectivity index is 2.40. The zero-order chi connectivity index (χ0) is 14.3. The number of hydrogen-bond acceptors (Lipinski definition) is 3. The summed E-state index contributed by atoms with van der Waals surface area (Å²) in [5.41, 5.74) is 1.17. The van der Waals surface area contributed by atoms with Crippen LogP contribution in [0.3, 0.4) is 0 Å². The van der Waals surface area contributed by atoms with E-state index < -0.39 is 10.2 Å². The van der Waals surface area contributed by atoms with Crippen molar-refractivity contribution in [3.8, 4) is 0 Å². The highest BCUT2D eigenvalue weighted by atomic mass is 32.2. The van der Waals surface area contributed by atoms with Crippen LogP contribution in [0.25, 0.3) is 0 Å². The summed E-state index contributed by atoms with van der Waals surface area (Å²) in [7, 11) is -0.266. The van der Waals surface area contributed by atoms with Gasteiger partial charge in [0, 0.05) is 39.4 Å². The normalized spacial score (nSPS) is 11.8. The van der Waals surface area contributed by atoms with Crippen LogP contribution < -0.4 is 9.62 Å². The van der Waals surface area contributed by atoms with Gasteiger partial charge in [0.05, 0.1) is 0 Å². The molecule has 0 aliphatic carbocycles. The van der Waals surface area contributed by atoms with E-state index in [1.54, 1.807) is 0 Å². The molecule has 0 bridgehead atoms. The molecule has 1 N–H and O–H groups in total. The molecule has 6 heteroatoms. The summed E-state index contributed by atoms with van der Waals surface area (Å²) in [5.74, 6) is 0. The van der Waals surface area contributed by atoms with E-state index in [0.29, 0.717) is 6.54 Å². The number of para-hydroxylation sites is 1. The molecule has 0 radical (unpaired) electrons. The lowest BCUT2D eigenvalue weighted by atomic mass is 10.2. The minimum atomic E-state index is -3.30. The summed E-state index contributed by atoms with van der Waals surface area (Å²) in [4.78, 5) is 2.23. The molecular weight excluding hydrogens is 262 g/mol. The molecule has 19 heavy (non-hydrogen) atoms. The van der Waals surface area contributed by atoms with Gasteiger partial charge in [0.1, 0.15) is 0 Å². The van der Waals surface area contributed by atoms with Gasteiger partial charge in [0.25, 0.3) is 10.2 Å². The van der Waals surface area contributed by atoms with Crippen molar-refractivity contribution in [2.75, 3.05) is 38.6 Å². The fourth-order valence-electron chi connectivity index (χ4n) is 1.71. The third-order valence-corrected chi connectivity index (χ3v) is 4.40.